The third kappa shape index (κ3) is 2.54. The number of nitrogens with zero attached hydrogens (tertiary/aromatic N) is 2. The second-order valence-corrected chi connectivity index (χ2v) is 5.23. The van der Waals surface area contributed by atoms with E-state index in [0.29, 0.717) is 25.5 Å². The molecule has 0 atom stereocenters. The van der Waals surface area contributed by atoms with Gasteiger partial charge in [0, 0.05) is 44.6 Å². The van der Waals surface area contributed by atoms with Crippen LogP contribution in [0.15, 0.2) is 22.0 Å². The fourth-order valence-electron chi connectivity index (χ4n) is 2.25. The first-order valence-corrected chi connectivity index (χ1v) is 6.66. The van der Waals surface area contributed by atoms with E-state index < -0.39 is 11.1 Å². The lowest BCUT2D eigenvalue weighted by Gasteiger charge is -2.36. The van der Waals surface area contributed by atoms with Crippen LogP contribution in [0.5, 0.6) is 0 Å². The van der Waals surface area contributed by atoms with Gasteiger partial charge in [-0.2, -0.15) is 12.6 Å². The van der Waals surface area contributed by atoms with Crippen LogP contribution in [0.3, 0.4) is 0 Å². The Morgan fingerprint density at radius 2 is 1.94 bits per heavy atom. The molecule has 1 aromatic rings. The number of thiol groups is 1. The predicted molar refractivity (Wildman–Crippen MR) is 72.3 cm³/mol. The van der Waals surface area contributed by atoms with Crippen molar-refractivity contribution in [1.29, 1.82) is 0 Å². The van der Waals surface area contributed by atoms with Crippen molar-refractivity contribution >= 4 is 12.6 Å². The smallest absolute Gasteiger partial charge is 0.316 e. The number of hydrogen-bond donors (Lipinski definition) is 1. The molecular formula is C12H18N2O3S. The molecule has 0 unspecified atom stereocenters. The molecule has 0 spiro atoms. The summed E-state index contributed by atoms with van der Waals surface area (Å²) in [6.45, 7) is 1.93. The molecule has 0 aliphatic carbocycles. The van der Waals surface area contributed by atoms with Crippen LogP contribution in [0.4, 0.5) is 0 Å². The zero-order chi connectivity index (χ0) is 13.2. The Balaban J connectivity index is 2.30. The van der Waals surface area contributed by atoms with Crippen molar-refractivity contribution in [2.24, 2.45) is 12.5 Å². The SMILES string of the molecule is Cn1ccn(CC2(CS)CCOCC2)c(=O)c1=O. The van der Waals surface area contributed by atoms with E-state index in [1.165, 1.54) is 9.13 Å². The molecule has 100 valence electrons. The van der Waals surface area contributed by atoms with Crippen LogP contribution in [-0.4, -0.2) is 28.1 Å². The van der Waals surface area contributed by atoms with E-state index in [4.69, 9.17) is 4.74 Å². The minimum absolute atomic E-state index is 0.0441. The number of hydrogen-bond acceptors (Lipinski definition) is 4. The Kier molecular flexibility index (Phi) is 3.97. The molecule has 1 fully saturated rings. The fourth-order valence-corrected chi connectivity index (χ4v) is 2.66. The van der Waals surface area contributed by atoms with E-state index in [0.717, 1.165) is 12.8 Å². The van der Waals surface area contributed by atoms with Gasteiger partial charge in [-0.1, -0.05) is 0 Å². The molecule has 0 radical (unpaired) electrons. The van der Waals surface area contributed by atoms with Gasteiger partial charge < -0.3 is 13.9 Å². The molecule has 0 bridgehead atoms. The minimum atomic E-state index is -0.487. The first-order chi connectivity index (χ1) is 8.58. The van der Waals surface area contributed by atoms with Gasteiger partial charge in [0.2, 0.25) is 0 Å². The molecule has 1 aliphatic heterocycles. The first-order valence-electron chi connectivity index (χ1n) is 6.03. The van der Waals surface area contributed by atoms with Crippen molar-refractivity contribution in [1.82, 2.24) is 9.13 Å². The van der Waals surface area contributed by atoms with Gasteiger partial charge in [-0.15, -0.1) is 0 Å². The van der Waals surface area contributed by atoms with Crippen LogP contribution >= 0.6 is 12.6 Å². The highest BCUT2D eigenvalue weighted by atomic mass is 32.1. The largest absolute Gasteiger partial charge is 0.381 e. The van der Waals surface area contributed by atoms with E-state index >= 15 is 0 Å². The second-order valence-electron chi connectivity index (χ2n) is 4.92. The summed E-state index contributed by atoms with van der Waals surface area (Å²) in [4.78, 5) is 23.5. The maximum atomic E-state index is 11.9. The summed E-state index contributed by atoms with van der Waals surface area (Å²) in [6, 6.07) is 0. The summed E-state index contributed by atoms with van der Waals surface area (Å²) in [6.07, 6.45) is 5.04. The molecule has 0 N–H and O–H groups in total. The molecule has 1 aliphatic rings. The average molecular weight is 270 g/mol. The molecule has 0 amide bonds. The lowest BCUT2D eigenvalue weighted by atomic mass is 9.82. The van der Waals surface area contributed by atoms with Gasteiger partial charge in [0.15, 0.2) is 0 Å². The number of rotatable bonds is 3. The Morgan fingerprint density at radius 1 is 1.28 bits per heavy atom. The van der Waals surface area contributed by atoms with Crippen LogP contribution < -0.4 is 11.1 Å². The quantitative estimate of drug-likeness (QED) is 0.634. The van der Waals surface area contributed by atoms with Gasteiger partial charge in [-0.3, -0.25) is 9.59 Å². The fraction of sp³-hybridized carbons (Fsp3) is 0.667. The number of aryl methyl sites for hydroxylation is 1. The maximum Gasteiger partial charge on any atom is 0.316 e. The Bertz CT molecular complexity index is 529. The lowest BCUT2D eigenvalue weighted by molar-refractivity contribution is 0.0176. The molecule has 18 heavy (non-hydrogen) atoms. The zero-order valence-corrected chi connectivity index (χ0v) is 11.4. The third-order valence-corrected chi connectivity index (χ3v) is 4.30. The summed E-state index contributed by atoms with van der Waals surface area (Å²) in [5, 5.41) is 0. The Labute approximate surface area is 111 Å². The first kappa shape index (κ1) is 13.4. The summed E-state index contributed by atoms with van der Waals surface area (Å²) < 4.78 is 8.16. The van der Waals surface area contributed by atoms with Gasteiger partial charge in [0.05, 0.1) is 0 Å². The van der Waals surface area contributed by atoms with Gasteiger partial charge in [0.25, 0.3) is 0 Å². The van der Waals surface area contributed by atoms with E-state index in [1.807, 2.05) is 0 Å². The molecule has 2 heterocycles. The molecular weight excluding hydrogens is 252 g/mol. The molecule has 5 nitrogen and oxygen atoms in total. The number of aromatic nitrogens is 2. The van der Waals surface area contributed by atoms with Crippen LogP contribution in [0.2, 0.25) is 0 Å². The van der Waals surface area contributed by atoms with Crippen LogP contribution in [0, 0.1) is 5.41 Å². The summed E-state index contributed by atoms with van der Waals surface area (Å²) in [5.41, 5.74) is -0.996. The molecule has 2 rings (SSSR count). The van der Waals surface area contributed by atoms with Crippen molar-refractivity contribution in [3.05, 3.63) is 33.1 Å². The van der Waals surface area contributed by atoms with Gasteiger partial charge >= 0.3 is 11.1 Å². The van der Waals surface area contributed by atoms with Crippen molar-refractivity contribution in [2.75, 3.05) is 19.0 Å². The summed E-state index contributed by atoms with van der Waals surface area (Å²) >= 11 is 4.41. The molecule has 0 aromatic carbocycles. The molecule has 1 aromatic heterocycles. The standard InChI is InChI=1S/C12H18N2O3S/c1-13-4-5-14(11(16)10(13)15)8-12(9-18)2-6-17-7-3-12/h4-5,18H,2-3,6-9H2,1H3. The number of ether oxygens (including phenoxy) is 1. The van der Waals surface area contributed by atoms with Crippen LogP contribution in [0.1, 0.15) is 12.8 Å². The van der Waals surface area contributed by atoms with Gasteiger partial charge in [0.1, 0.15) is 0 Å². The predicted octanol–water partition coefficient (Wildman–Crippen LogP) is 0.274. The Hall–Kier alpha value is -1.01. The van der Waals surface area contributed by atoms with E-state index in [1.54, 1.807) is 19.4 Å². The average Bonchev–Trinajstić information content (AvgIpc) is 2.41. The monoisotopic (exact) mass is 270 g/mol. The van der Waals surface area contributed by atoms with Crippen molar-refractivity contribution in [3.63, 3.8) is 0 Å². The van der Waals surface area contributed by atoms with Crippen molar-refractivity contribution < 1.29 is 4.74 Å². The normalized spacial score (nSPS) is 18.8. The van der Waals surface area contributed by atoms with Crippen molar-refractivity contribution in [2.45, 2.75) is 19.4 Å². The third-order valence-electron chi connectivity index (χ3n) is 3.63. The minimum Gasteiger partial charge on any atom is -0.381 e. The maximum absolute atomic E-state index is 11.9. The lowest BCUT2D eigenvalue weighted by Crippen LogP contribution is -2.44. The summed E-state index contributed by atoms with van der Waals surface area (Å²) in [7, 11) is 1.58. The van der Waals surface area contributed by atoms with E-state index in [9.17, 15) is 9.59 Å². The van der Waals surface area contributed by atoms with Crippen LogP contribution in [-0.2, 0) is 18.3 Å². The second kappa shape index (κ2) is 5.32. The zero-order valence-electron chi connectivity index (χ0n) is 10.5. The highest BCUT2D eigenvalue weighted by Crippen LogP contribution is 2.33. The molecule has 1 saturated heterocycles. The molecule has 6 heteroatoms. The van der Waals surface area contributed by atoms with Crippen molar-refractivity contribution in [3.8, 4) is 0 Å². The highest BCUT2D eigenvalue weighted by Gasteiger charge is 2.32. The van der Waals surface area contributed by atoms with Crippen LogP contribution in [0.25, 0.3) is 0 Å². The molecule has 0 saturated carbocycles. The highest BCUT2D eigenvalue weighted by molar-refractivity contribution is 7.80. The Morgan fingerprint density at radius 3 is 2.56 bits per heavy atom. The van der Waals surface area contributed by atoms with E-state index in [2.05, 4.69) is 12.6 Å². The van der Waals surface area contributed by atoms with Gasteiger partial charge in [-0.05, 0) is 18.6 Å². The summed E-state index contributed by atoms with van der Waals surface area (Å²) in [5.74, 6) is 0.692. The topological polar surface area (TPSA) is 53.2 Å². The van der Waals surface area contributed by atoms with E-state index in [-0.39, 0.29) is 5.41 Å². The van der Waals surface area contributed by atoms with Gasteiger partial charge in [-0.25, -0.2) is 0 Å².